The number of hydrogen-bond acceptors (Lipinski definition) is 5. The molecule has 0 aliphatic heterocycles. The zero-order chi connectivity index (χ0) is 14.6. The van der Waals surface area contributed by atoms with Crippen molar-refractivity contribution in [2.24, 2.45) is 7.05 Å². The molecular formula is C10H16ClN3O4S. The number of rotatable bonds is 6. The van der Waals surface area contributed by atoms with E-state index in [9.17, 15) is 13.2 Å². The number of nitrogens with one attached hydrogen (secondary N) is 1. The standard InChI is InChI=1S/C10H16ClN3O4S/c1-7-9(10(11)14(2)13-7)19(16,17)12-6-4-5-8(15)18-3/h12H,4-6H2,1-3H3. The highest BCUT2D eigenvalue weighted by Crippen LogP contribution is 2.23. The molecule has 1 aromatic rings. The summed E-state index contributed by atoms with van der Waals surface area (Å²) in [5.41, 5.74) is 0.327. The van der Waals surface area contributed by atoms with E-state index in [0.717, 1.165) is 0 Å². The fraction of sp³-hybridized carbons (Fsp3) is 0.600. The van der Waals surface area contributed by atoms with Crippen LogP contribution in [0.2, 0.25) is 5.15 Å². The van der Waals surface area contributed by atoms with Gasteiger partial charge >= 0.3 is 5.97 Å². The van der Waals surface area contributed by atoms with Crippen molar-refractivity contribution >= 4 is 27.6 Å². The first kappa shape index (κ1) is 15.9. The van der Waals surface area contributed by atoms with Crippen molar-refractivity contribution in [3.05, 3.63) is 10.8 Å². The molecule has 0 amide bonds. The lowest BCUT2D eigenvalue weighted by Gasteiger charge is -2.06. The van der Waals surface area contributed by atoms with Gasteiger partial charge in [0, 0.05) is 20.0 Å². The summed E-state index contributed by atoms with van der Waals surface area (Å²) in [5.74, 6) is -0.380. The van der Waals surface area contributed by atoms with Crippen molar-refractivity contribution in [3.63, 3.8) is 0 Å². The fourth-order valence-electron chi connectivity index (χ4n) is 1.53. The summed E-state index contributed by atoms with van der Waals surface area (Å²) in [6.07, 6.45) is 0.502. The summed E-state index contributed by atoms with van der Waals surface area (Å²) in [6, 6.07) is 0. The van der Waals surface area contributed by atoms with Crippen molar-refractivity contribution in [1.82, 2.24) is 14.5 Å². The molecule has 0 bridgehead atoms. The van der Waals surface area contributed by atoms with E-state index in [-0.39, 0.29) is 29.0 Å². The molecule has 0 unspecified atom stereocenters. The lowest BCUT2D eigenvalue weighted by molar-refractivity contribution is -0.140. The van der Waals surface area contributed by atoms with Gasteiger partial charge in [0.2, 0.25) is 10.0 Å². The zero-order valence-corrected chi connectivity index (χ0v) is 12.5. The van der Waals surface area contributed by atoms with Crippen LogP contribution in [-0.2, 0) is 26.6 Å². The van der Waals surface area contributed by atoms with E-state index >= 15 is 0 Å². The smallest absolute Gasteiger partial charge is 0.305 e. The quantitative estimate of drug-likeness (QED) is 0.614. The third-order valence-electron chi connectivity index (χ3n) is 2.45. The van der Waals surface area contributed by atoms with E-state index in [0.29, 0.717) is 12.1 Å². The summed E-state index contributed by atoms with van der Waals surface area (Å²) >= 11 is 5.89. The van der Waals surface area contributed by atoms with E-state index in [1.165, 1.54) is 11.8 Å². The number of halogens is 1. The van der Waals surface area contributed by atoms with Gasteiger partial charge in [0.1, 0.15) is 10.0 Å². The van der Waals surface area contributed by atoms with Gasteiger partial charge in [-0.1, -0.05) is 11.6 Å². The molecule has 0 saturated heterocycles. The number of ether oxygens (including phenoxy) is 1. The van der Waals surface area contributed by atoms with Crippen LogP contribution in [0, 0.1) is 6.92 Å². The molecule has 0 fully saturated rings. The predicted molar refractivity (Wildman–Crippen MR) is 69.4 cm³/mol. The number of carbonyl (C=O) groups excluding carboxylic acids is 1. The first-order valence-corrected chi connectivity index (χ1v) is 7.41. The van der Waals surface area contributed by atoms with Crippen LogP contribution in [0.3, 0.4) is 0 Å². The van der Waals surface area contributed by atoms with Gasteiger partial charge in [-0.25, -0.2) is 13.1 Å². The molecule has 1 heterocycles. The number of aryl methyl sites for hydroxylation is 2. The molecule has 0 aliphatic carbocycles. The van der Waals surface area contributed by atoms with Crippen molar-refractivity contribution in [2.75, 3.05) is 13.7 Å². The Balaban J connectivity index is 2.69. The van der Waals surface area contributed by atoms with Crippen LogP contribution >= 0.6 is 11.6 Å². The summed E-state index contributed by atoms with van der Waals surface area (Å²) in [7, 11) is -0.879. The second-order valence-electron chi connectivity index (χ2n) is 3.91. The highest BCUT2D eigenvalue weighted by atomic mass is 35.5. The molecule has 19 heavy (non-hydrogen) atoms. The minimum absolute atomic E-state index is 0.0327. The topological polar surface area (TPSA) is 90.3 Å². The fourth-order valence-corrected chi connectivity index (χ4v) is 3.35. The molecular weight excluding hydrogens is 294 g/mol. The van der Waals surface area contributed by atoms with E-state index in [1.807, 2.05) is 0 Å². The molecule has 0 atom stereocenters. The monoisotopic (exact) mass is 309 g/mol. The lowest BCUT2D eigenvalue weighted by Crippen LogP contribution is -2.26. The van der Waals surface area contributed by atoms with Crippen LogP contribution in [0.25, 0.3) is 0 Å². The maximum atomic E-state index is 12.0. The summed E-state index contributed by atoms with van der Waals surface area (Å²) in [5, 5.41) is 3.99. The molecule has 0 radical (unpaired) electrons. The first-order valence-electron chi connectivity index (χ1n) is 5.55. The Hall–Kier alpha value is -1.12. The van der Waals surface area contributed by atoms with Gasteiger partial charge in [0.25, 0.3) is 0 Å². The van der Waals surface area contributed by atoms with Crippen molar-refractivity contribution in [1.29, 1.82) is 0 Å². The van der Waals surface area contributed by atoms with Crippen LogP contribution in [0.15, 0.2) is 4.90 Å². The highest BCUT2D eigenvalue weighted by Gasteiger charge is 2.24. The average molecular weight is 310 g/mol. The van der Waals surface area contributed by atoms with E-state index in [4.69, 9.17) is 11.6 Å². The van der Waals surface area contributed by atoms with Crippen molar-refractivity contribution < 1.29 is 17.9 Å². The first-order chi connectivity index (χ1) is 8.79. The van der Waals surface area contributed by atoms with Gasteiger partial charge in [0.05, 0.1) is 12.8 Å². The molecule has 0 aromatic carbocycles. The Labute approximate surface area is 116 Å². The molecule has 9 heteroatoms. The highest BCUT2D eigenvalue weighted by molar-refractivity contribution is 7.89. The van der Waals surface area contributed by atoms with Gasteiger partial charge in [-0.2, -0.15) is 5.10 Å². The number of sulfonamides is 1. The zero-order valence-electron chi connectivity index (χ0n) is 10.9. The molecule has 1 aromatic heterocycles. The minimum Gasteiger partial charge on any atom is -0.469 e. The minimum atomic E-state index is -3.72. The number of nitrogens with zero attached hydrogens (tertiary/aromatic N) is 2. The van der Waals surface area contributed by atoms with Gasteiger partial charge in [-0.15, -0.1) is 0 Å². The van der Waals surface area contributed by atoms with Crippen LogP contribution < -0.4 is 4.72 Å². The summed E-state index contributed by atoms with van der Waals surface area (Å²) in [4.78, 5) is 10.9. The third kappa shape index (κ3) is 3.92. The normalized spacial score (nSPS) is 11.6. The number of esters is 1. The van der Waals surface area contributed by atoms with Crippen LogP contribution in [0.5, 0.6) is 0 Å². The molecule has 0 saturated carbocycles. The molecule has 0 spiro atoms. The SMILES string of the molecule is COC(=O)CCCNS(=O)(=O)c1c(C)nn(C)c1Cl. The lowest BCUT2D eigenvalue weighted by atomic mass is 10.3. The van der Waals surface area contributed by atoms with Gasteiger partial charge in [-0.05, 0) is 13.3 Å². The molecule has 1 rings (SSSR count). The van der Waals surface area contributed by atoms with Crippen molar-refractivity contribution in [3.8, 4) is 0 Å². The maximum absolute atomic E-state index is 12.0. The largest absolute Gasteiger partial charge is 0.469 e. The number of carbonyl (C=O) groups is 1. The predicted octanol–water partition coefficient (Wildman–Crippen LogP) is 0.613. The maximum Gasteiger partial charge on any atom is 0.305 e. The Morgan fingerprint density at radius 2 is 2.16 bits per heavy atom. The Morgan fingerprint density at radius 1 is 1.53 bits per heavy atom. The van der Waals surface area contributed by atoms with Gasteiger partial charge in [0.15, 0.2) is 0 Å². The van der Waals surface area contributed by atoms with Crippen molar-refractivity contribution in [2.45, 2.75) is 24.7 Å². The number of methoxy groups -OCH3 is 1. The van der Waals surface area contributed by atoms with Crippen LogP contribution in [0.1, 0.15) is 18.5 Å². The average Bonchev–Trinajstić information content (AvgIpc) is 2.59. The second kappa shape index (κ2) is 6.36. The Bertz CT molecular complexity index is 568. The third-order valence-corrected chi connectivity index (χ3v) is 4.60. The van der Waals surface area contributed by atoms with E-state index < -0.39 is 10.0 Å². The Morgan fingerprint density at radius 3 is 2.63 bits per heavy atom. The second-order valence-corrected chi connectivity index (χ2v) is 5.97. The molecule has 7 nitrogen and oxygen atoms in total. The summed E-state index contributed by atoms with van der Waals surface area (Å²) in [6.45, 7) is 1.69. The van der Waals surface area contributed by atoms with E-state index in [2.05, 4.69) is 14.6 Å². The van der Waals surface area contributed by atoms with E-state index in [1.54, 1.807) is 14.0 Å². The van der Waals surface area contributed by atoms with Crippen LogP contribution in [0.4, 0.5) is 0 Å². The van der Waals surface area contributed by atoms with Gasteiger partial charge in [-0.3, -0.25) is 9.48 Å². The Kier molecular flexibility index (Phi) is 5.33. The molecule has 108 valence electrons. The summed E-state index contributed by atoms with van der Waals surface area (Å²) < 4.78 is 32.2. The van der Waals surface area contributed by atoms with Crippen LogP contribution in [-0.4, -0.2) is 37.8 Å². The number of hydrogen-bond donors (Lipinski definition) is 1. The molecule has 1 N–H and O–H groups in total. The number of aromatic nitrogens is 2. The van der Waals surface area contributed by atoms with Gasteiger partial charge < -0.3 is 4.74 Å². The molecule has 0 aliphatic rings.